The fourth-order valence-electron chi connectivity index (χ4n) is 1.81. The van der Waals surface area contributed by atoms with Gasteiger partial charge in [-0.1, -0.05) is 35.4 Å². The van der Waals surface area contributed by atoms with Gasteiger partial charge in [-0.2, -0.15) is 0 Å². The maximum absolute atomic E-state index is 6.05. The Balaban J connectivity index is 1.70. The van der Waals surface area contributed by atoms with Crippen LogP contribution in [-0.2, 0) is 0 Å². The highest BCUT2D eigenvalue weighted by Gasteiger charge is 2.00. The molecule has 0 aliphatic heterocycles. The van der Waals surface area contributed by atoms with Crippen molar-refractivity contribution in [3.8, 4) is 5.75 Å². The van der Waals surface area contributed by atoms with E-state index in [1.165, 1.54) is 5.56 Å². The first-order chi connectivity index (χ1) is 10.5. The third kappa shape index (κ3) is 5.20. The SMILES string of the molecule is Cc1ccc(NC(=S)NCCOc2ccc(C)c(Cl)c2)cc1. The van der Waals surface area contributed by atoms with Gasteiger partial charge in [0.15, 0.2) is 5.11 Å². The Bertz CT molecular complexity index is 644. The minimum atomic E-state index is 0.509. The average Bonchev–Trinajstić information content (AvgIpc) is 2.49. The summed E-state index contributed by atoms with van der Waals surface area (Å²) >= 11 is 11.3. The van der Waals surface area contributed by atoms with Crippen LogP contribution >= 0.6 is 23.8 Å². The largest absolute Gasteiger partial charge is 0.492 e. The van der Waals surface area contributed by atoms with Gasteiger partial charge in [-0.05, 0) is 55.9 Å². The average molecular weight is 335 g/mol. The number of aryl methyl sites for hydroxylation is 2. The van der Waals surface area contributed by atoms with Gasteiger partial charge in [-0.25, -0.2) is 0 Å². The highest BCUT2D eigenvalue weighted by Crippen LogP contribution is 2.21. The zero-order valence-corrected chi connectivity index (χ0v) is 14.2. The summed E-state index contributed by atoms with van der Waals surface area (Å²) in [5.41, 5.74) is 3.22. The van der Waals surface area contributed by atoms with Gasteiger partial charge in [0.05, 0.1) is 6.54 Å². The van der Waals surface area contributed by atoms with Crippen LogP contribution in [0.2, 0.25) is 5.02 Å². The molecule has 116 valence electrons. The lowest BCUT2D eigenvalue weighted by atomic mass is 10.2. The first kappa shape index (κ1) is 16.6. The molecule has 2 aromatic rings. The molecule has 0 amide bonds. The summed E-state index contributed by atoms with van der Waals surface area (Å²) in [6.07, 6.45) is 0. The molecule has 0 radical (unpaired) electrons. The van der Waals surface area contributed by atoms with Crippen molar-refractivity contribution in [2.45, 2.75) is 13.8 Å². The van der Waals surface area contributed by atoms with Gasteiger partial charge in [0.1, 0.15) is 12.4 Å². The molecule has 2 aromatic carbocycles. The minimum absolute atomic E-state index is 0.509. The molecule has 3 nitrogen and oxygen atoms in total. The van der Waals surface area contributed by atoms with E-state index < -0.39 is 0 Å². The predicted molar refractivity (Wildman–Crippen MR) is 97.1 cm³/mol. The maximum atomic E-state index is 6.05. The summed E-state index contributed by atoms with van der Waals surface area (Å²) in [7, 11) is 0. The monoisotopic (exact) mass is 334 g/mol. The van der Waals surface area contributed by atoms with Crippen molar-refractivity contribution in [1.82, 2.24) is 5.32 Å². The smallest absolute Gasteiger partial charge is 0.170 e. The summed E-state index contributed by atoms with van der Waals surface area (Å²) in [6.45, 7) is 5.14. The molecule has 0 fully saturated rings. The summed E-state index contributed by atoms with van der Waals surface area (Å²) in [6, 6.07) is 13.7. The fraction of sp³-hybridized carbons (Fsp3) is 0.235. The van der Waals surface area contributed by atoms with Crippen LogP contribution in [0, 0.1) is 13.8 Å². The van der Waals surface area contributed by atoms with E-state index in [9.17, 15) is 0 Å². The second-order valence-corrected chi connectivity index (χ2v) is 5.82. The van der Waals surface area contributed by atoms with E-state index in [1.54, 1.807) is 0 Å². The number of ether oxygens (including phenoxy) is 1. The molecule has 2 rings (SSSR count). The van der Waals surface area contributed by atoms with E-state index >= 15 is 0 Å². The highest BCUT2D eigenvalue weighted by atomic mass is 35.5. The van der Waals surface area contributed by atoms with Crippen molar-refractivity contribution in [3.05, 3.63) is 58.6 Å². The quantitative estimate of drug-likeness (QED) is 0.630. The van der Waals surface area contributed by atoms with Crippen LogP contribution in [0.4, 0.5) is 5.69 Å². The van der Waals surface area contributed by atoms with Crippen molar-refractivity contribution < 1.29 is 4.74 Å². The van der Waals surface area contributed by atoms with Crippen LogP contribution in [0.5, 0.6) is 5.75 Å². The van der Waals surface area contributed by atoms with Gasteiger partial charge >= 0.3 is 0 Å². The molecule has 0 saturated carbocycles. The predicted octanol–water partition coefficient (Wildman–Crippen LogP) is 4.32. The Labute approximate surface area is 141 Å². The molecule has 0 unspecified atom stereocenters. The molecule has 0 atom stereocenters. The molecule has 22 heavy (non-hydrogen) atoms. The van der Waals surface area contributed by atoms with E-state index in [0.717, 1.165) is 17.0 Å². The summed E-state index contributed by atoms with van der Waals surface area (Å²) in [4.78, 5) is 0. The van der Waals surface area contributed by atoms with Gasteiger partial charge in [0, 0.05) is 10.7 Å². The lowest BCUT2D eigenvalue weighted by Gasteiger charge is -2.12. The van der Waals surface area contributed by atoms with Crippen molar-refractivity contribution in [3.63, 3.8) is 0 Å². The normalized spacial score (nSPS) is 10.1. The van der Waals surface area contributed by atoms with E-state index in [0.29, 0.717) is 23.3 Å². The number of hydrogen-bond donors (Lipinski definition) is 2. The third-order valence-electron chi connectivity index (χ3n) is 3.11. The maximum Gasteiger partial charge on any atom is 0.170 e. The van der Waals surface area contributed by atoms with Crippen LogP contribution in [0.3, 0.4) is 0 Å². The number of halogens is 1. The molecule has 0 bridgehead atoms. The first-order valence-corrected chi connectivity index (χ1v) is 7.84. The third-order valence-corrected chi connectivity index (χ3v) is 3.76. The van der Waals surface area contributed by atoms with E-state index in [4.69, 9.17) is 28.6 Å². The van der Waals surface area contributed by atoms with Crippen LogP contribution in [0.25, 0.3) is 0 Å². The van der Waals surface area contributed by atoms with Gasteiger partial charge in [0.25, 0.3) is 0 Å². The lowest BCUT2D eigenvalue weighted by Crippen LogP contribution is -2.31. The number of nitrogens with one attached hydrogen (secondary N) is 2. The standard InChI is InChI=1S/C17H19ClN2OS/c1-12-3-6-14(7-4-12)20-17(22)19-9-10-21-15-8-5-13(2)16(18)11-15/h3-8,11H,9-10H2,1-2H3,(H2,19,20,22). The zero-order chi connectivity index (χ0) is 15.9. The Morgan fingerprint density at radius 2 is 1.86 bits per heavy atom. The van der Waals surface area contributed by atoms with E-state index in [-0.39, 0.29) is 0 Å². The Kier molecular flexibility index (Phi) is 6.04. The van der Waals surface area contributed by atoms with Crippen LogP contribution in [0.15, 0.2) is 42.5 Å². The summed E-state index contributed by atoms with van der Waals surface area (Å²) in [5.74, 6) is 0.759. The number of benzene rings is 2. The summed E-state index contributed by atoms with van der Waals surface area (Å²) < 4.78 is 5.62. The molecule has 2 N–H and O–H groups in total. The number of hydrogen-bond acceptors (Lipinski definition) is 2. The first-order valence-electron chi connectivity index (χ1n) is 7.05. The minimum Gasteiger partial charge on any atom is -0.492 e. The second kappa shape index (κ2) is 8.01. The molecule has 0 aliphatic rings. The molecule has 0 saturated heterocycles. The Morgan fingerprint density at radius 3 is 2.55 bits per heavy atom. The number of rotatable bonds is 5. The van der Waals surface area contributed by atoms with Crippen molar-refractivity contribution in [2.75, 3.05) is 18.5 Å². The van der Waals surface area contributed by atoms with Crippen LogP contribution in [0.1, 0.15) is 11.1 Å². The van der Waals surface area contributed by atoms with Crippen molar-refractivity contribution in [1.29, 1.82) is 0 Å². The molecular weight excluding hydrogens is 316 g/mol. The van der Waals surface area contributed by atoms with Crippen molar-refractivity contribution in [2.24, 2.45) is 0 Å². The number of anilines is 1. The van der Waals surface area contributed by atoms with Crippen molar-refractivity contribution >= 4 is 34.6 Å². The van der Waals surface area contributed by atoms with Crippen LogP contribution in [-0.4, -0.2) is 18.3 Å². The number of thiocarbonyl (C=S) groups is 1. The molecule has 0 aliphatic carbocycles. The lowest BCUT2D eigenvalue weighted by molar-refractivity contribution is 0.322. The molecule has 0 heterocycles. The van der Waals surface area contributed by atoms with E-state index in [2.05, 4.69) is 17.6 Å². The fourth-order valence-corrected chi connectivity index (χ4v) is 2.20. The second-order valence-electron chi connectivity index (χ2n) is 5.01. The molecule has 0 spiro atoms. The van der Waals surface area contributed by atoms with Gasteiger partial charge in [-0.3, -0.25) is 0 Å². The van der Waals surface area contributed by atoms with Gasteiger partial charge in [-0.15, -0.1) is 0 Å². The van der Waals surface area contributed by atoms with Crippen LogP contribution < -0.4 is 15.4 Å². The summed E-state index contributed by atoms with van der Waals surface area (Å²) in [5, 5.41) is 7.52. The zero-order valence-electron chi connectivity index (χ0n) is 12.7. The molecule has 0 aromatic heterocycles. The molecule has 5 heteroatoms. The molecular formula is C17H19ClN2OS. The Hall–Kier alpha value is -1.78. The topological polar surface area (TPSA) is 33.3 Å². The highest BCUT2D eigenvalue weighted by molar-refractivity contribution is 7.80. The van der Waals surface area contributed by atoms with Gasteiger partial charge in [0.2, 0.25) is 0 Å². The Morgan fingerprint density at radius 1 is 1.14 bits per heavy atom. The van der Waals surface area contributed by atoms with Gasteiger partial charge < -0.3 is 15.4 Å². The van der Waals surface area contributed by atoms with E-state index in [1.807, 2.05) is 49.4 Å².